The number of carbonyl (C=O) groups excluding carboxylic acids is 1. The highest BCUT2D eigenvalue weighted by Gasteiger charge is 2.27. The van der Waals surface area contributed by atoms with Crippen molar-refractivity contribution in [2.75, 3.05) is 47.9 Å². The average Bonchev–Trinajstić information content (AvgIpc) is 3.56. The number of piperidine rings is 2. The molecule has 0 aliphatic carbocycles. The molecule has 3 aliphatic heterocycles. The first kappa shape index (κ1) is 24.4. The number of ether oxygens (including phenoxy) is 1. The van der Waals surface area contributed by atoms with Crippen molar-refractivity contribution in [3.05, 3.63) is 24.3 Å². The van der Waals surface area contributed by atoms with E-state index in [9.17, 15) is 4.79 Å². The van der Waals surface area contributed by atoms with Crippen LogP contribution in [0.25, 0.3) is 0 Å². The zero-order chi connectivity index (χ0) is 24.0. The molecule has 5 rings (SSSR count). The molecule has 4 heterocycles. The molecule has 3 saturated heterocycles. The van der Waals surface area contributed by atoms with Gasteiger partial charge in [0.2, 0.25) is 11.9 Å². The standard InChI is InChI=1S/C26H38N6O2S/c1-20(24(33)27-21-10-12-22(13-11-21)30-14-4-2-5-15-30)35-26-29-28-25(31-16-6-3-7-17-31)32(26)19-23-9-8-18-34-23/h10-13,20,23H,2-9,14-19H2,1H3,(H,27,33). The van der Waals surface area contributed by atoms with Crippen LogP contribution in [0.4, 0.5) is 17.3 Å². The summed E-state index contributed by atoms with van der Waals surface area (Å²) in [5.41, 5.74) is 2.07. The van der Waals surface area contributed by atoms with Gasteiger partial charge >= 0.3 is 0 Å². The maximum Gasteiger partial charge on any atom is 0.237 e. The van der Waals surface area contributed by atoms with Crippen LogP contribution in [-0.4, -0.2) is 64.8 Å². The topological polar surface area (TPSA) is 75.5 Å². The smallest absolute Gasteiger partial charge is 0.237 e. The lowest BCUT2D eigenvalue weighted by Gasteiger charge is -2.29. The van der Waals surface area contributed by atoms with Gasteiger partial charge in [-0.3, -0.25) is 9.36 Å². The summed E-state index contributed by atoms with van der Waals surface area (Å²) in [5.74, 6) is 0.899. The van der Waals surface area contributed by atoms with E-state index in [1.807, 2.05) is 19.1 Å². The second kappa shape index (κ2) is 11.6. The molecule has 0 radical (unpaired) electrons. The lowest BCUT2D eigenvalue weighted by Crippen LogP contribution is -2.33. The molecule has 3 aliphatic rings. The predicted molar refractivity (Wildman–Crippen MR) is 142 cm³/mol. The first-order valence-corrected chi connectivity index (χ1v) is 14.2. The Morgan fingerprint density at radius 2 is 1.69 bits per heavy atom. The van der Waals surface area contributed by atoms with Gasteiger partial charge in [0, 0.05) is 44.2 Å². The minimum absolute atomic E-state index is 0.0214. The molecule has 1 amide bonds. The van der Waals surface area contributed by atoms with Crippen LogP contribution in [0.15, 0.2) is 29.4 Å². The summed E-state index contributed by atoms with van der Waals surface area (Å²) in [5, 5.41) is 12.7. The quantitative estimate of drug-likeness (QED) is 0.535. The van der Waals surface area contributed by atoms with E-state index in [0.717, 1.165) is 69.0 Å². The number of rotatable bonds is 8. The number of amides is 1. The van der Waals surface area contributed by atoms with E-state index in [2.05, 4.69) is 42.0 Å². The van der Waals surface area contributed by atoms with E-state index in [4.69, 9.17) is 4.74 Å². The lowest BCUT2D eigenvalue weighted by molar-refractivity contribution is -0.115. The Hall–Kier alpha value is -2.26. The number of thioether (sulfide) groups is 1. The maximum atomic E-state index is 13.0. The third-order valence-corrected chi connectivity index (χ3v) is 8.33. The molecule has 2 aromatic rings. The van der Waals surface area contributed by atoms with Gasteiger partial charge in [-0.25, -0.2) is 0 Å². The SMILES string of the molecule is CC(Sc1nnc(N2CCCCC2)n1CC1CCCO1)C(=O)Nc1ccc(N2CCCCC2)cc1. The number of anilines is 3. The molecule has 1 N–H and O–H groups in total. The Morgan fingerprint density at radius 3 is 2.34 bits per heavy atom. The number of nitrogens with zero attached hydrogens (tertiary/aromatic N) is 5. The Bertz CT molecular complexity index is 963. The molecule has 1 aromatic carbocycles. The van der Waals surface area contributed by atoms with Gasteiger partial charge in [0.05, 0.1) is 17.9 Å². The largest absolute Gasteiger partial charge is 0.376 e. The van der Waals surface area contributed by atoms with Crippen LogP contribution in [0.5, 0.6) is 0 Å². The van der Waals surface area contributed by atoms with Crippen molar-refractivity contribution in [1.29, 1.82) is 0 Å². The number of nitrogens with one attached hydrogen (secondary N) is 1. The monoisotopic (exact) mass is 498 g/mol. The van der Waals surface area contributed by atoms with Crippen molar-refractivity contribution in [3.8, 4) is 0 Å². The molecule has 2 unspecified atom stereocenters. The molecule has 1 aromatic heterocycles. The fourth-order valence-corrected chi connectivity index (χ4v) is 6.06. The molecule has 0 bridgehead atoms. The van der Waals surface area contributed by atoms with Crippen LogP contribution in [0.3, 0.4) is 0 Å². The lowest BCUT2D eigenvalue weighted by atomic mass is 10.1. The zero-order valence-electron chi connectivity index (χ0n) is 20.8. The second-order valence-corrected chi connectivity index (χ2v) is 11.2. The van der Waals surface area contributed by atoms with E-state index in [1.54, 1.807) is 0 Å². The van der Waals surface area contributed by atoms with Crippen LogP contribution in [0, 0.1) is 0 Å². The molecule has 9 heteroatoms. The number of hydrogen-bond donors (Lipinski definition) is 1. The third-order valence-electron chi connectivity index (χ3n) is 7.25. The fourth-order valence-electron chi connectivity index (χ4n) is 5.21. The summed E-state index contributed by atoms with van der Waals surface area (Å²) in [7, 11) is 0. The van der Waals surface area contributed by atoms with Gasteiger partial charge in [0.15, 0.2) is 5.16 Å². The molecule has 8 nitrogen and oxygen atoms in total. The first-order valence-electron chi connectivity index (χ1n) is 13.3. The van der Waals surface area contributed by atoms with Crippen LogP contribution in [0.1, 0.15) is 58.3 Å². The van der Waals surface area contributed by atoms with E-state index < -0.39 is 0 Å². The van der Waals surface area contributed by atoms with Crippen LogP contribution in [-0.2, 0) is 16.1 Å². The summed E-state index contributed by atoms with van der Waals surface area (Å²) in [6.45, 7) is 7.76. The van der Waals surface area contributed by atoms with Crippen molar-refractivity contribution < 1.29 is 9.53 Å². The molecule has 0 spiro atoms. The summed E-state index contributed by atoms with van der Waals surface area (Å²) in [4.78, 5) is 17.8. The predicted octanol–water partition coefficient (Wildman–Crippen LogP) is 4.56. The Labute approximate surface area is 212 Å². The minimum atomic E-state index is -0.293. The first-order chi connectivity index (χ1) is 17.2. The van der Waals surface area contributed by atoms with E-state index >= 15 is 0 Å². The number of hydrogen-bond acceptors (Lipinski definition) is 7. The third kappa shape index (κ3) is 6.12. The molecule has 2 atom stereocenters. The van der Waals surface area contributed by atoms with Crippen LogP contribution >= 0.6 is 11.8 Å². The highest BCUT2D eigenvalue weighted by atomic mass is 32.2. The Morgan fingerprint density at radius 1 is 1.00 bits per heavy atom. The molecule has 3 fully saturated rings. The second-order valence-electron chi connectivity index (χ2n) is 9.92. The molecular weight excluding hydrogens is 460 g/mol. The Balaban J connectivity index is 1.23. The number of benzene rings is 1. The van der Waals surface area contributed by atoms with E-state index in [0.29, 0.717) is 0 Å². The van der Waals surface area contributed by atoms with E-state index in [-0.39, 0.29) is 17.3 Å². The van der Waals surface area contributed by atoms with Gasteiger partial charge in [-0.1, -0.05) is 11.8 Å². The van der Waals surface area contributed by atoms with Crippen molar-refractivity contribution in [1.82, 2.24) is 14.8 Å². The normalized spacial score (nSPS) is 21.8. The van der Waals surface area contributed by atoms with Gasteiger partial charge in [0.1, 0.15) is 0 Å². The molecule has 35 heavy (non-hydrogen) atoms. The van der Waals surface area contributed by atoms with Gasteiger partial charge in [-0.2, -0.15) is 0 Å². The van der Waals surface area contributed by atoms with Crippen molar-refractivity contribution in [2.24, 2.45) is 0 Å². The summed E-state index contributed by atoms with van der Waals surface area (Å²) < 4.78 is 8.11. The summed E-state index contributed by atoms with van der Waals surface area (Å²) >= 11 is 1.48. The number of carbonyl (C=O) groups is 1. The molecule has 190 valence electrons. The van der Waals surface area contributed by atoms with Crippen molar-refractivity contribution in [3.63, 3.8) is 0 Å². The van der Waals surface area contributed by atoms with Gasteiger partial charge in [-0.05, 0) is 82.6 Å². The summed E-state index contributed by atoms with van der Waals surface area (Å²) in [6.07, 6.45) is 9.82. The van der Waals surface area contributed by atoms with Crippen LogP contribution < -0.4 is 15.1 Å². The van der Waals surface area contributed by atoms with E-state index in [1.165, 1.54) is 56.0 Å². The fraction of sp³-hybridized carbons (Fsp3) is 0.654. The summed E-state index contributed by atoms with van der Waals surface area (Å²) in [6, 6.07) is 8.24. The van der Waals surface area contributed by atoms with Crippen molar-refractivity contribution in [2.45, 2.75) is 81.3 Å². The highest BCUT2D eigenvalue weighted by molar-refractivity contribution is 8.00. The average molecular weight is 499 g/mol. The molecule has 0 saturated carbocycles. The van der Waals surface area contributed by atoms with Crippen molar-refractivity contribution >= 4 is 35.0 Å². The Kier molecular flexibility index (Phi) is 8.13. The van der Waals surface area contributed by atoms with Crippen LogP contribution in [0.2, 0.25) is 0 Å². The van der Waals surface area contributed by atoms with Gasteiger partial charge in [-0.15, -0.1) is 10.2 Å². The van der Waals surface area contributed by atoms with Gasteiger partial charge < -0.3 is 19.9 Å². The van der Waals surface area contributed by atoms with Gasteiger partial charge in [0.25, 0.3) is 0 Å². The highest BCUT2D eigenvalue weighted by Crippen LogP contribution is 2.30. The minimum Gasteiger partial charge on any atom is -0.376 e. The maximum absolute atomic E-state index is 13.0. The molecular formula is C26H38N6O2S. The zero-order valence-corrected chi connectivity index (χ0v) is 21.6. The number of aromatic nitrogens is 3.